The number of carboxylic acids is 1. The summed E-state index contributed by atoms with van der Waals surface area (Å²) in [5, 5.41) is 13.3. The molecule has 0 spiro atoms. The summed E-state index contributed by atoms with van der Waals surface area (Å²) in [4.78, 5) is 23.3. The van der Waals surface area contributed by atoms with Crippen LogP contribution < -0.4 is 15.3 Å². The van der Waals surface area contributed by atoms with Gasteiger partial charge in [-0.15, -0.1) is 0 Å². The van der Waals surface area contributed by atoms with Crippen LogP contribution in [0.25, 0.3) is 0 Å². The molecule has 0 aliphatic carbocycles. The van der Waals surface area contributed by atoms with Gasteiger partial charge in [-0.3, -0.25) is 4.79 Å². The highest BCUT2D eigenvalue weighted by Crippen LogP contribution is 2.09. The zero-order valence-corrected chi connectivity index (χ0v) is 10.1. The molecule has 5 nitrogen and oxygen atoms in total. The zero-order valence-electron chi connectivity index (χ0n) is 10.1. The molecule has 0 bridgehead atoms. The molecular formula is C11H20N2O3. The summed E-state index contributed by atoms with van der Waals surface area (Å²) < 4.78 is 0. The molecule has 92 valence electrons. The van der Waals surface area contributed by atoms with Crippen LogP contribution in [0.2, 0.25) is 0 Å². The SMILES string of the molecule is CC(C)(C)C[NH+]1CCNC(=O)[C@H]1CC(=O)[O-]. The molecule has 16 heavy (non-hydrogen) atoms. The maximum Gasteiger partial charge on any atom is 0.278 e. The molecule has 2 atom stereocenters. The molecule has 0 aromatic carbocycles. The van der Waals surface area contributed by atoms with Gasteiger partial charge in [-0.1, -0.05) is 20.8 Å². The minimum atomic E-state index is -1.16. The Balaban J connectivity index is 2.70. The summed E-state index contributed by atoms with van der Waals surface area (Å²) in [5.74, 6) is -1.33. The lowest BCUT2D eigenvalue weighted by atomic mass is 9.94. The van der Waals surface area contributed by atoms with Crippen LogP contribution in [0.1, 0.15) is 27.2 Å². The molecule has 1 fully saturated rings. The first-order chi connectivity index (χ1) is 7.29. The van der Waals surface area contributed by atoms with Gasteiger partial charge in [0.2, 0.25) is 0 Å². The van der Waals surface area contributed by atoms with Crippen molar-refractivity contribution in [3.8, 4) is 0 Å². The van der Waals surface area contributed by atoms with Crippen molar-refractivity contribution in [3.63, 3.8) is 0 Å². The van der Waals surface area contributed by atoms with Crippen LogP contribution in [0.4, 0.5) is 0 Å². The monoisotopic (exact) mass is 228 g/mol. The van der Waals surface area contributed by atoms with Crippen molar-refractivity contribution >= 4 is 11.9 Å². The van der Waals surface area contributed by atoms with Gasteiger partial charge in [0.15, 0.2) is 6.04 Å². The predicted octanol–water partition coefficient (Wildman–Crippen LogP) is -2.44. The summed E-state index contributed by atoms with van der Waals surface area (Å²) >= 11 is 0. The van der Waals surface area contributed by atoms with E-state index in [9.17, 15) is 14.7 Å². The molecule has 5 heteroatoms. The van der Waals surface area contributed by atoms with E-state index >= 15 is 0 Å². The minimum absolute atomic E-state index is 0.0805. The van der Waals surface area contributed by atoms with Gasteiger partial charge in [-0.2, -0.15) is 0 Å². The van der Waals surface area contributed by atoms with E-state index in [-0.39, 0.29) is 17.7 Å². The van der Waals surface area contributed by atoms with Crippen molar-refractivity contribution in [2.75, 3.05) is 19.6 Å². The number of amides is 1. The Morgan fingerprint density at radius 2 is 2.19 bits per heavy atom. The number of carbonyl (C=O) groups excluding carboxylic acids is 2. The Labute approximate surface area is 95.8 Å². The molecule has 0 radical (unpaired) electrons. The highest BCUT2D eigenvalue weighted by molar-refractivity contribution is 5.84. The van der Waals surface area contributed by atoms with Crippen LogP contribution in [-0.2, 0) is 9.59 Å². The molecular weight excluding hydrogens is 208 g/mol. The molecule has 1 aliphatic rings. The fourth-order valence-corrected chi connectivity index (χ4v) is 2.13. The quantitative estimate of drug-likeness (QED) is 0.563. The Bertz CT molecular complexity index is 283. The number of quaternary nitrogens is 1. The molecule has 0 aromatic heterocycles. The van der Waals surface area contributed by atoms with Crippen molar-refractivity contribution in [1.29, 1.82) is 0 Å². The van der Waals surface area contributed by atoms with Gasteiger partial charge in [0.25, 0.3) is 5.91 Å². The lowest BCUT2D eigenvalue weighted by molar-refractivity contribution is -0.923. The molecule has 1 heterocycles. The molecule has 1 unspecified atom stereocenters. The van der Waals surface area contributed by atoms with E-state index in [2.05, 4.69) is 26.1 Å². The van der Waals surface area contributed by atoms with Crippen molar-refractivity contribution < 1.29 is 19.6 Å². The van der Waals surface area contributed by atoms with E-state index in [1.807, 2.05) is 0 Å². The van der Waals surface area contributed by atoms with Crippen molar-refractivity contribution in [2.24, 2.45) is 5.41 Å². The first kappa shape index (κ1) is 13.0. The predicted molar refractivity (Wildman–Crippen MR) is 56.6 cm³/mol. The Kier molecular flexibility index (Phi) is 3.91. The number of hydrogen-bond donors (Lipinski definition) is 2. The standard InChI is InChI=1S/C11H20N2O3/c1-11(2,3)7-13-5-4-12-10(16)8(13)6-9(14)15/h8H,4-7H2,1-3H3,(H,12,16)(H,14,15)/t8-/m1/s1. The van der Waals surface area contributed by atoms with E-state index in [0.29, 0.717) is 6.54 Å². The second-order valence-electron chi connectivity index (χ2n) is 5.57. The van der Waals surface area contributed by atoms with E-state index in [0.717, 1.165) is 18.0 Å². The van der Waals surface area contributed by atoms with E-state index in [1.165, 1.54) is 0 Å². The lowest BCUT2D eigenvalue weighted by Gasteiger charge is -2.35. The van der Waals surface area contributed by atoms with Gasteiger partial charge in [0, 0.05) is 17.8 Å². The smallest absolute Gasteiger partial charge is 0.278 e. The highest BCUT2D eigenvalue weighted by atomic mass is 16.4. The summed E-state index contributed by atoms with van der Waals surface area (Å²) in [6, 6.07) is -0.502. The number of hydrogen-bond acceptors (Lipinski definition) is 3. The van der Waals surface area contributed by atoms with Crippen molar-refractivity contribution in [3.05, 3.63) is 0 Å². The summed E-state index contributed by atoms with van der Waals surface area (Å²) in [5.41, 5.74) is 0.0805. The summed E-state index contributed by atoms with van der Waals surface area (Å²) in [7, 11) is 0. The third-order valence-corrected chi connectivity index (χ3v) is 2.68. The van der Waals surface area contributed by atoms with Crippen LogP contribution in [-0.4, -0.2) is 37.6 Å². The number of piperazine rings is 1. The fraction of sp³-hybridized carbons (Fsp3) is 0.818. The maximum absolute atomic E-state index is 11.6. The molecule has 0 aromatic rings. The second kappa shape index (κ2) is 4.82. The molecule has 1 rings (SSSR count). The first-order valence-electron chi connectivity index (χ1n) is 5.62. The normalized spacial score (nSPS) is 26.3. The highest BCUT2D eigenvalue weighted by Gasteiger charge is 2.35. The lowest BCUT2D eigenvalue weighted by Crippen LogP contribution is -3.20. The van der Waals surface area contributed by atoms with Crippen LogP contribution in [0.5, 0.6) is 0 Å². The second-order valence-corrected chi connectivity index (χ2v) is 5.57. The van der Waals surface area contributed by atoms with Crippen LogP contribution in [0.3, 0.4) is 0 Å². The third kappa shape index (κ3) is 3.81. The topological polar surface area (TPSA) is 73.7 Å². The number of aliphatic carboxylic acids is 1. The Morgan fingerprint density at radius 3 is 2.69 bits per heavy atom. The van der Waals surface area contributed by atoms with Crippen LogP contribution in [0, 0.1) is 5.41 Å². The molecule has 2 N–H and O–H groups in total. The van der Waals surface area contributed by atoms with Crippen molar-refractivity contribution in [1.82, 2.24) is 5.32 Å². The van der Waals surface area contributed by atoms with Crippen LogP contribution >= 0.6 is 0 Å². The largest absolute Gasteiger partial charge is 0.550 e. The van der Waals surface area contributed by atoms with E-state index in [1.54, 1.807) is 0 Å². The van der Waals surface area contributed by atoms with Gasteiger partial charge >= 0.3 is 0 Å². The first-order valence-corrected chi connectivity index (χ1v) is 5.62. The van der Waals surface area contributed by atoms with E-state index in [4.69, 9.17) is 0 Å². The zero-order chi connectivity index (χ0) is 12.3. The Hall–Kier alpha value is -1.10. The molecule has 0 saturated carbocycles. The fourth-order valence-electron chi connectivity index (χ4n) is 2.13. The number of carbonyl (C=O) groups is 2. The average molecular weight is 228 g/mol. The van der Waals surface area contributed by atoms with Gasteiger partial charge < -0.3 is 20.1 Å². The Morgan fingerprint density at radius 1 is 1.56 bits per heavy atom. The molecule has 1 saturated heterocycles. The third-order valence-electron chi connectivity index (χ3n) is 2.68. The average Bonchev–Trinajstić information content (AvgIpc) is 2.08. The minimum Gasteiger partial charge on any atom is -0.550 e. The summed E-state index contributed by atoms with van der Waals surface area (Å²) in [6.07, 6.45) is -0.197. The molecule has 1 aliphatic heterocycles. The van der Waals surface area contributed by atoms with Gasteiger partial charge in [0.05, 0.1) is 19.6 Å². The van der Waals surface area contributed by atoms with Gasteiger partial charge in [-0.25, -0.2) is 0 Å². The van der Waals surface area contributed by atoms with Gasteiger partial charge in [-0.05, 0) is 0 Å². The maximum atomic E-state index is 11.6. The van der Waals surface area contributed by atoms with Crippen molar-refractivity contribution in [2.45, 2.75) is 33.2 Å². The molecule has 1 amide bonds. The van der Waals surface area contributed by atoms with Crippen LogP contribution in [0.15, 0.2) is 0 Å². The number of rotatable bonds is 3. The number of nitrogens with one attached hydrogen (secondary N) is 2. The summed E-state index contributed by atoms with van der Waals surface area (Å²) in [6.45, 7) is 8.45. The van der Waals surface area contributed by atoms with Gasteiger partial charge in [0.1, 0.15) is 0 Å². The number of carboxylic acid groups (broad SMARTS) is 1. The van der Waals surface area contributed by atoms with E-state index < -0.39 is 12.0 Å².